The number of halogens is 2. The lowest BCUT2D eigenvalue weighted by Gasteiger charge is -2.28. The first-order chi connectivity index (χ1) is 18.7. The van der Waals surface area contributed by atoms with Crippen molar-refractivity contribution < 1.29 is 35.1 Å². The molecule has 0 heterocycles. The fourth-order valence-electron chi connectivity index (χ4n) is 4.30. The normalized spacial score (nSPS) is 13.3. The zero-order valence-corrected chi connectivity index (χ0v) is 23.0. The standard InChI is InChI=1S/C27H27F2N3O6S2/c1-39(34,35)32-23-11-9-20(10-12-23)21-7-4-5-19(15-21)16-27(13-14-30,25(31)33)18-40(36,37)17-22-6-2-3-8-24(22)38-26(28)29/h2-12,15,26,32H,13,16-18H2,1H3,(H2,31,33). The van der Waals surface area contributed by atoms with E-state index < -0.39 is 55.7 Å². The summed E-state index contributed by atoms with van der Waals surface area (Å²) in [6.07, 6.45) is 0.367. The van der Waals surface area contributed by atoms with E-state index in [0.717, 1.165) is 6.26 Å². The third-order valence-corrected chi connectivity index (χ3v) is 8.34. The number of rotatable bonds is 13. The van der Waals surface area contributed by atoms with Gasteiger partial charge in [0.05, 0.1) is 35.7 Å². The molecule has 212 valence electrons. The summed E-state index contributed by atoms with van der Waals surface area (Å²) < 4.78 is 81.8. The highest BCUT2D eigenvalue weighted by atomic mass is 32.2. The Hall–Kier alpha value is -4.02. The third kappa shape index (κ3) is 8.49. The van der Waals surface area contributed by atoms with Crippen LogP contribution in [0.1, 0.15) is 17.5 Å². The number of nitrogens with zero attached hydrogens (tertiary/aromatic N) is 1. The third-order valence-electron chi connectivity index (χ3n) is 5.99. The molecular weight excluding hydrogens is 564 g/mol. The number of anilines is 1. The molecule has 0 fully saturated rings. The van der Waals surface area contributed by atoms with Crippen molar-refractivity contribution in [2.75, 3.05) is 16.7 Å². The number of nitrogens with two attached hydrogens (primary N) is 1. The number of benzene rings is 3. The molecule has 0 spiro atoms. The van der Waals surface area contributed by atoms with Gasteiger partial charge >= 0.3 is 6.61 Å². The van der Waals surface area contributed by atoms with Gasteiger partial charge in [-0.3, -0.25) is 9.52 Å². The Balaban J connectivity index is 1.90. The lowest BCUT2D eigenvalue weighted by Crippen LogP contribution is -2.44. The van der Waals surface area contributed by atoms with Crippen molar-refractivity contribution in [3.63, 3.8) is 0 Å². The summed E-state index contributed by atoms with van der Waals surface area (Å²) in [4.78, 5) is 12.7. The minimum Gasteiger partial charge on any atom is -0.435 e. The summed E-state index contributed by atoms with van der Waals surface area (Å²) in [5.74, 6) is -2.79. The number of nitrogens with one attached hydrogen (secondary N) is 1. The average molecular weight is 592 g/mol. The van der Waals surface area contributed by atoms with Crippen molar-refractivity contribution in [1.82, 2.24) is 0 Å². The van der Waals surface area contributed by atoms with E-state index in [1.54, 1.807) is 48.5 Å². The predicted octanol–water partition coefficient (Wildman–Crippen LogP) is 3.87. The fraction of sp³-hybridized carbons (Fsp3) is 0.259. The molecule has 0 aliphatic rings. The van der Waals surface area contributed by atoms with Gasteiger partial charge < -0.3 is 10.5 Å². The molecule has 1 amide bonds. The van der Waals surface area contributed by atoms with Gasteiger partial charge in [0.1, 0.15) is 5.75 Å². The molecule has 0 bridgehead atoms. The van der Waals surface area contributed by atoms with E-state index in [2.05, 4.69) is 9.46 Å². The van der Waals surface area contributed by atoms with Gasteiger partial charge in [-0.05, 0) is 41.3 Å². The minimum atomic E-state index is -4.15. The summed E-state index contributed by atoms with van der Waals surface area (Å²) >= 11 is 0. The molecule has 0 saturated heterocycles. The maximum atomic E-state index is 13.2. The van der Waals surface area contributed by atoms with Crippen LogP contribution in [0.15, 0.2) is 72.8 Å². The van der Waals surface area contributed by atoms with Gasteiger partial charge in [0.15, 0.2) is 9.84 Å². The van der Waals surface area contributed by atoms with E-state index >= 15 is 0 Å². The van der Waals surface area contributed by atoms with E-state index in [1.165, 1.54) is 24.3 Å². The Labute approximate surface area is 231 Å². The first-order valence-electron chi connectivity index (χ1n) is 11.8. The molecule has 1 unspecified atom stereocenters. The molecular formula is C27H27F2N3O6S2. The Kier molecular flexibility index (Phi) is 9.49. The highest BCUT2D eigenvalue weighted by Gasteiger charge is 2.41. The molecule has 13 heteroatoms. The Bertz CT molecular complexity index is 1620. The van der Waals surface area contributed by atoms with Gasteiger partial charge in [-0.15, -0.1) is 0 Å². The van der Waals surface area contributed by atoms with Crippen LogP contribution in [0, 0.1) is 16.7 Å². The van der Waals surface area contributed by atoms with Gasteiger partial charge in [0.25, 0.3) is 0 Å². The Morgan fingerprint density at radius 1 is 1.02 bits per heavy atom. The lowest BCUT2D eigenvalue weighted by atomic mass is 9.79. The number of primary amides is 1. The van der Waals surface area contributed by atoms with Crippen LogP contribution in [0.3, 0.4) is 0 Å². The van der Waals surface area contributed by atoms with Crippen LogP contribution in [-0.2, 0) is 36.8 Å². The molecule has 0 aliphatic carbocycles. The maximum Gasteiger partial charge on any atom is 0.387 e. The topological polar surface area (TPSA) is 156 Å². The molecule has 9 nitrogen and oxygen atoms in total. The van der Waals surface area contributed by atoms with Crippen molar-refractivity contribution in [2.45, 2.75) is 25.2 Å². The highest BCUT2D eigenvalue weighted by molar-refractivity contribution is 7.92. The van der Waals surface area contributed by atoms with Crippen LogP contribution in [-0.4, -0.2) is 41.4 Å². The predicted molar refractivity (Wildman–Crippen MR) is 146 cm³/mol. The fourth-order valence-corrected chi connectivity index (χ4v) is 6.87. The van der Waals surface area contributed by atoms with Crippen molar-refractivity contribution in [1.29, 1.82) is 5.26 Å². The quantitative estimate of drug-likeness (QED) is 0.306. The number of nitriles is 1. The number of carbonyl (C=O) groups is 1. The van der Waals surface area contributed by atoms with Crippen LogP contribution >= 0.6 is 0 Å². The maximum absolute atomic E-state index is 13.2. The largest absolute Gasteiger partial charge is 0.435 e. The van der Waals surface area contributed by atoms with Gasteiger partial charge in [-0.1, -0.05) is 54.6 Å². The van der Waals surface area contributed by atoms with E-state index in [4.69, 9.17) is 5.73 Å². The Morgan fingerprint density at radius 3 is 2.30 bits per heavy atom. The first kappa shape index (κ1) is 30.5. The highest BCUT2D eigenvalue weighted by Crippen LogP contribution is 2.33. The zero-order chi connectivity index (χ0) is 29.6. The van der Waals surface area contributed by atoms with Crippen LogP contribution in [0.2, 0.25) is 0 Å². The number of carbonyl (C=O) groups excluding carboxylic acids is 1. The van der Waals surface area contributed by atoms with Crippen molar-refractivity contribution in [2.24, 2.45) is 11.1 Å². The second-order valence-electron chi connectivity index (χ2n) is 9.33. The second-order valence-corrected chi connectivity index (χ2v) is 13.1. The van der Waals surface area contributed by atoms with E-state index in [1.807, 2.05) is 6.07 Å². The van der Waals surface area contributed by atoms with Crippen LogP contribution in [0.5, 0.6) is 5.75 Å². The molecule has 3 N–H and O–H groups in total. The van der Waals surface area contributed by atoms with Crippen LogP contribution < -0.4 is 15.2 Å². The van der Waals surface area contributed by atoms with Crippen molar-refractivity contribution in [3.8, 4) is 22.9 Å². The second kappa shape index (κ2) is 12.4. The van der Waals surface area contributed by atoms with Crippen LogP contribution in [0.25, 0.3) is 11.1 Å². The summed E-state index contributed by atoms with van der Waals surface area (Å²) in [6.45, 7) is -3.16. The molecule has 40 heavy (non-hydrogen) atoms. The smallest absolute Gasteiger partial charge is 0.387 e. The zero-order valence-electron chi connectivity index (χ0n) is 21.4. The average Bonchev–Trinajstić information content (AvgIpc) is 2.84. The molecule has 0 aliphatic heterocycles. The van der Waals surface area contributed by atoms with E-state index in [0.29, 0.717) is 22.4 Å². The molecule has 3 aromatic rings. The van der Waals surface area contributed by atoms with Crippen molar-refractivity contribution in [3.05, 3.63) is 83.9 Å². The Morgan fingerprint density at radius 2 is 1.70 bits per heavy atom. The molecule has 0 aromatic heterocycles. The van der Waals surface area contributed by atoms with Gasteiger partial charge in [0.2, 0.25) is 15.9 Å². The molecule has 1 atom stereocenters. The molecule has 0 radical (unpaired) electrons. The summed E-state index contributed by atoms with van der Waals surface area (Å²) in [5.41, 5.74) is 6.18. The summed E-state index contributed by atoms with van der Waals surface area (Å²) in [6, 6.07) is 20.7. The number of ether oxygens (including phenoxy) is 1. The number of para-hydroxylation sites is 1. The summed E-state index contributed by atoms with van der Waals surface area (Å²) in [5, 5.41) is 9.49. The van der Waals surface area contributed by atoms with Gasteiger partial charge in [-0.25, -0.2) is 16.8 Å². The lowest BCUT2D eigenvalue weighted by molar-refractivity contribution is -0.126. The number of amides is 1. The van der Waals surface area contributed by atoms with Gasteiger partial charge in [0, 0.05) is 11.3 Å². The number of hydrogen-bond acceptors (Lipinski definition) is 7. The minimum absolute atomic E-state index is 0.0195. The van der Waals surface area contributed by atoms with Gasteiger partial charge in [-0.2, -0.15) is 14.0 Å². The molecule has 3 rings (SSSR count). The first-order valence-corrected chi connectivity index (χ1v) is 15.5. The molecule has 3 aromatic carbocycles. The van der Waals surface area contributed by atoms with Crippen molar-refractivity contribution >= 4 is 31.5 Å². The number of hydrogen-bond donors (Lipinski definition) is 2. The number of sulfone groups is 1. The number of sulfonamides is 1. The van der Waals surface area contributed by atoms with E-state index in [-0.39, 0.29) is 17.7 Å². The van der Waals surface area contributed by atoms with E-state index in [9.17, 15) is 35.7 Å². The van der Waals surface area contributed by atoms with Crippen LogP contribution in [0.4, 0.5) is 14.5 Å². The molecule has 0 saturated carbocycles. The SMILES string of the molecule is CS(=O)(=O)Nc1ccc(-c2cccc(CC(CC#N)(CS(=O)(=O)Cc3ccccc3OC(F)F)C(N)=O)c2)cc1. The monoisotopic (exact) mass is 591 g/mol. The number of alkyl halides is 2. The summed E-state index contributed by atoms with van der Waals surface area (Å²) in [7, 11) is -7.60.